The number of nitrogens with one attached hydrogen (secondary N) is 1. The number of likely N-dealkylation sites (tertiary alicyclic amines) is 1. The Morgan fingerprint density at radius 1 is 1.10 bits per heavy atom. The third-order valence-electron chi connectivity index (χ3n) is 7.08. The Morgan fingerprint density at radius 3 is 2.45 bits per heavy atom. The molecule has 1 N–H and O–H groups in total. The summed E-state index contributed by atoms with van der Waals surface area (Å²) in [5.74, 6) is 1.18. The zero-order valence-electron chi connectivity index (χ0n) is 18.6. The van der Waals surface area contributed by atoms with Crippen LogP contribution in [0.2, 0.25) is 5.02 Å². The molecule has 1 saturated heterocycles. The van der Waals surface area contributed by atoms with Gasteiger partial charge in [0.15, 0.2) is 0 Å². The van der Waals surface area contributed by atoms with E-state index in [-0.39, 0.29) is 23.5 Å². The van der Waals surface area contributed by atoms with Gasteiger partial charge in [0.05, 0.1) is 6.04 Å². The number of fused-ring (bicyclic) bond motifs is 1. The Morgan fingerprint density at radius 2 is 1.77 bits per heavy atom. The summed E-state index contributed by atoms with van der Waals surface area (Å²) in [5.41, 5.74) is 2.17. The summed E-state index contributed by atoms with van der Waals surface area (Å²) in [7, 11) is 0. The van der Waals surface area contributed by atoms with Gasteiger partial charge in [-0.05, 0) is 62.5 Å². The van der Waals surface area contributed by atoms with Crippen LogP contribution >= 0.6 is 11.6 Å². The van der Waals surface area contributed by atoms with Crippen molar-refractivity contribution in [1.82, 2.24) is 10.2 Å². The maximum Gasteiger partial charge on any atom is 0.223 e. The lowest BCUT2D eigenvalue weighted by atomic mass is 9.83. The molecule has 0 aliphatic carbocycles. The van der Waals surface area contributed by atoms with Crippen molar-refractivity contribution in [3.63, 3.8) is 0 Å². The highest BCUT2D eigenvalue weighted by molar-refractivity contribution is 6.30. The van der Waals surface area contributed by atoms with Crippen molar-refractivity contribution in [2.75, 3.05) is 13.1 Å². The first-order chi connectivity index (χ1) is 15.0. The fraction of sp³-hybridized carbons (Fsp3) is 0.500. The topological polar surface area (TPSA) is 41.6 Å². The van der Waals surface area contributed by atoms with Crippen LogP contribution in [0.1, 0.15) is 63.1 Å². The minimum Gasteiger partial charge on any atom is -0.487 e. The second kappa shape index (κ2) is 9.62. The van der Waals surface area contributed by atoms with Crippen LogP contribution in [0.3, 0.4) is 0 Å². The van der Waals surface area contributed by atoms with Gasteiger partial charge in [0.1, 0.15) is 11.4 Å². The summed E-state index contributed by atoms with van der Waals surface area (Å²) in [6, 6.07) is 16.2. The number of halogens is 1. The van der Waals surface area contributed by atoms with Gasteiger partial charge in [0.2, 0.25) is 5.91 Å². The summed E-state index contributed by atoms with van der Waals surface area (Å²) >= 11 is 5.99. The van der Waals surface area contributed by atoms with Gasteiger partial charge in [-0.1, -0.05) is 55.8 Å². The van der Waals surface area contributed by atoms with Crippen molar-refractivity contribution in [2.24, 2.45) is 5.92 Å². The highest BCUT2D eigenvalue weighted by Crippen LogP contribution is 2.42. The molecule has 4 nitrogen and oxygen atoms in total. The van der Waals surface area contributed by atoms with Crippen LogP contribution in [0.15, 0.2) is 48.5 Å². The molecular formula is C26H33ClN2O2. The smallest absolute Gasteiger partial charge is 0.223 e. The van der Waals surface area contributed by atoms with Gasteiger partial charge in [0, 0.05) is 29.5 Å². The first-order valence-electron chi connectivity index (χ1n) is 11.6. The van der Waals surface area contributed by atoms with Crippen LogP contribution in [0.25, 0.3) is 0 Å². The van der Waals surface area contributed by atoms with Crippen molar-refractivity contribution in [3.8, 4) is 5.75 Å². The zero-order valence-corrected chi connectivity index (χ0v) is 19.3. The van der Waals surface area contributed by atoms with Crippen molar-refractivity contribution in [3.05, 3.63) is 64.7 Å². The fourth-order valence-corrected chi connectivity index (χ4v) is 5.05. The van der Waals surface area contributed by atoms with E-state index in [1.165, 1.54) is 5.56 Å². The van der Waals surface area contributed by atoms with Gasteiger partial charge in [-0.15, -0.1) is 0 Å². The summed E-state index contributed by atoms with van der Waals surface area (Å²) in [6.07, 6.45) is 4.51. The average Bonchev–Trinajstić information content (AvgIpc) is 2.81. The van der Waals surface area contributed by atoms with Gasteiger partial charge in [-0.3, -0.25) is 9.69 Å². The number of amides is 1. The molecule has 31 heavy (non-hydrogen) atoms. The van der Waals surface area contributed by atoms with E-state index in [1.807, 2.05) is 30.3 Å². The molecule has 2 heterocycles. The van der Waals surface area contributed by atoms with E-state index in [1.54, 1.807) is 0 Å². The molecule has 166 valence electrons. The van der Waals surface area contributed by atoms with E-state index in [0.29, 0.717) is 0 Å². The second-order valence-corrected chi connectivity index (χ2v) is 9.41. The number of carbonyl (C=O) groups is 1. The molecule has 0 aromatic heterocycles. The third kappa shape index (κ3) is 5.07. The molecular weight excluding hydrogens is 408 g/mol. The molecule has 2 aliphatic rings. The molecule has 0 unspecified atom stereocenters. The molecule has 2 aromatic rings. The van der Waals surface area contributed by atoms with Gasteiger partial charge < -0.3 is 10.1 Å². The minimum absolute atomic E-state index is 0.0180. The van der Waals surface area contributed by atoms with Crippen LogP contribution in [0.5, 0.6) is 5.75 Å². The van der Waals surface area contributed by atoms with Crippen molar-refractivity contribution in [2.45, 2.75) is 64.1 Å². The quantitative estimate of drug-likeness (QED) is 0.621. The largest absolute Gasteiger partial charge is 0.487 e. The van der Waals surface area contributed by atoms with E-state index < -0.39 is 0 Å². The van der Waals surface area contributed by atoms with Crippen molar-refractivity contribution < 1.29 is 9.53 Å². The van der Waals surface area contributed by atoms with Gasteiger partial charge in [-0.2, -0.15) is 0 Å². The van der Waals surface area contributed by atoms with Gasteiger partial charge in [-0.25, -0.2) is 0 Å². The molecule has 2 aliphatic heterocycles. The molecule has 5 heteroatoms. The van der Waals surface area contributed by atoms with E-state index in [4.69, 9.17) is 16.3 Å². The van der Waals surface area contributed by atoms with Gasteiger partial charge in [0.25, 0.3) is 0 Å². The second-order valence-electron chi connectivity index (χ2n) is 8.97. The van der Waals surface area contributed by atoms with E-state index >= 15 is 0 Å². The molecule has 0 spiro atoms. The van der Waals surface area contributed by atoms with Gasteiger partial charge >= 0.3 is 0 Å². The fourth-order valence-electron chi connectivity index (χ4n) is 4.92. The Labute approximate surface area is 190 Å². The van der Waals surface area contributed by atoms with E-state index in [0.717, 1.165) is 68.1 Å². The molecule has 0 saturated carbocycles. The Kier molecular flexibility index (Phi) is 6.88. The number of rotatable bonds is 6. The average molecular weight is 441 g/mol. The number of hydrogen-bond acceptors (Lipinski definition) is 3. The van der Waals surface area contributed by atoms with Crippen LogP contribution in [0, 0.1) is 5.92 Å². The Balaban J connectivity index is 1.36. The minimum atomic E-state index is -0.200. The monoisotopic (exact) mass is 440 g/mol. The summed E-state index contributed by atoms with van der Waals surface area (Å²) < 4.78 is 6.39. The number of ether oxygens (including phenoxy) is 1. The van der Waals surface area contributed by atoms with Crippen LogP contribution in [-0.4, -0.2) is 29.5 Å². The third-order valence-corrected chi connectivity index (χ3v) is 7.33. The molecule has 0 radical (unpaired) electrons. The highest BCUT2D eigenvalue weighted by atomic mass is 35.5. The lowest BCUT2D eigenvalue weighted by molar-refractivity contribution is -0.128. The maximum atomic E-state index is 13.2. The molecule has 1 atom stereocenters. The molecule has 0 bridgehead atoms. The molecule has 4 rings (SSSR count). The van der Waals surface area contributed by atoms with E-state index in [9.17, 15) is 4.79 Å². The molecule has 1 fully saturated rings. The molecule has 1 amide bonds. The predicted octanol–water partition coefficient (Wildman–Crippen LogP) is 5.75. The molecule has 2 aromatic carbocycles. The number of carbonyl (C=O) groups excluding carboxylic acids is 1. The highest BCUT2D eigenvalue weighted by Gasteiger charge is 2.39. The van der Waals surface area contributed by atoms with Crippen LogP contribution in [0.4, 0.5) is 0 Å². The predicted molar refractivity (Wildman–Crippen MR) is 125 cm³/mol. The number of nitrogens with zero attached hydrogens (tertiary/aromatic N) is 1. The van der Waals surface area contributed by atoms with Crippen molar-refractivity contribution in [1.29, 1.82) is 0 Å². The van der Waals surface area contributed by atoms with E-state index in [2.05, 4.69) is 42.3 Å². The number of benzene rings is 2. The maximum absolute atomic E-state index is 13.2. The number of hydrogen-bond donors (Lipinski definition) is 1. The van der Waals surface area contributed by atoms with Crippen LogP contribution in [-0.2, 0) is 11.3 Å². The zero-order chi connectivity index (χ0) is 21.8. The first kappa shape index (κ1) is 22.2. The summed E-state index contributed by atoms with van der Waals surface area (Å²) in [6.45, 7) is 7.14. The first-order valence-corrected chi connectivity index (χ1v) is 11.9. The number of para-hydroxylation sites is 1. The lowest BCUT2D eigenvalue weighted by Gasteiger charge is -2.42. The lowest BCUT2D eigenvalue weighted by Crippen LogP contribution is -2.47. The van der Waals surface area contributed by atoms with Crippen LogP contribution < -0.4 is 10.1 Å². The van der Waals surface area contributed by atoms with Crippen molar-refractivity contribution >= 4 is 17.5 Å². The number of piperidine rings is 1. The Bertz CT molecular complexity index is 887. The SMILES string of the molecule is CCC1(CC)C[C@H](NC(=O)C2CCN(Cc3ccc(Cl)cc3)CC2)c2ccccc2O1. The summed E-state index contributed by atoms with van der Waals surface area (Å²) in [5, 5.41) is 4.15. The Hall–Kier alpha value is -2.04. The normalized spacial score (nSPS) is 21.2. The standard InChI is InChI=1S/C26H33ClN2O2/c1-3-26(4-2)17-23(22-7-5-6-8-24(22)31-26)28-25(30)20-13-15-29(16-14-20)18-19-9-11-21(27)12-10-19/h5-12,20,23H,3-4,13-18H2,1-2H3,(H,28,30)/t23-/m0/s1. The summed E-state index contributed by atoms with van der Waals surface area (Å²) in [4.78, 5) is 15.6.